The molecule has 1 unspecified atom stereocenters. The number of benzene rings is 1. The van der Waals surface area contributed by atoms with Gasteiger partial charge in [-0.1, -0.05) is 18.2 Å². The number of hydrogen-bond acceptors (Lipinski definition) is 2. The minimum absolute atomic E-state index is 0. The predicted octanol–water partition coefficient (Wildman–Crippen LogP) is -0.0514. The van der Waals surface area contributed by atoms with Gasteiger partial charge in [0.15, 0.2) is 0 Å². The van der Waals surface area contributed by atoms with Crippen LogP contribution in [-0.2, 0) is 6.42 Å². The number of nitrogens with zero attached hydrogens (tertiary/aromatic N) is 1. The summed E-state index contributed by atoms with van der Waals surface area (Å²) in [6.07, 6.45) is -0.303. The third kappa shape index (κ3) is 7.15. The summed E-state index contributed by atoms with van der Waals surface area (Å²) in [6, 6.07) is 7.20. The largest absolute Gasteiger partial charge is 1.00 e. The predicted molar refractivity (Wildman–Crippen MR) is 67.9 cm³/mol. The van der Waals surface area contributed by atoms with Crippen molar-refractivity contribution >= 4 is 6.98 Å². The van der Waals surface area contributed by atoms with Crippen LogP contribution in [0.1, 0.15) is 12.5 Å². The van der Waals surface area contributed by atoms with E-state index >= 15 is 0 Å². The van der Waals surface area contributed by atoms with Crippen LogP contribution in [0.25, 0.3) is 0 Å². The van der Waals surface area contributed by atoms with E-state index in [4.69, 9.17) is 4.74 Å². The van der Waals surface area contributed by atoms with Gasteiger partial charge in [0, 0.05) is 6.04 Å². The molecule has 0 saturated carbocycles. The van der Waals surface area contributed by atoms with Crippen LogP contribution in [-0.4, -0.2) is 38.5 Å². The summed E-state index contributed by atoms with van der Waals surface area (Å²) in [5.74, 6) is 0.718. The zero-order chi connectivity index (χ0) is 13.8. The van der Waals surface area contributed by atoms with Crippen LogP contribution < -0.4 is 56.1 Å². The summed E-state index contributed by atoms with van der Waals surface area (Å²) in [6.45, 7) is -2.99. The van der Waals surface area contributed by atoms with Gasteiger partial charge in [-0.3, -0.25) is 0 Å². The second-order valence-electron chi connectivity index (χ2n) is 4.51. The molecular weight excluding hydrogens is 281 g/mol. The Kier molecular flexibility index (Phi) is 8.91. The van der Waals surface area contributed by atoms with Gasteiger partial charge in [0.05, 0.1) is 7.11 Å². The van der Waals surface area contributed by atoms with Crippen LogP contribution in [0.15, 0.2) is 24.3 Å². The van der Waals surface area contributed by atoms with E-state index in [1.165, 1.54) is 11.9 Å². The number of para-hydroxylation sites is 1. The van der Waals surface area contributed by atoms with E-state index in [2.05, 4.69) is 0 Å². The van der Waals surface area contributed by atoms with Gasteiger partial charge < -0.3 is 22.6 Å². The van der Waals surface area contributed by atoms with Crippen LogP contribution >= 0.6 is 0 Å². The van der Waals surface area contributed by atoms with Crippen molar-refractivity contribution in [3.8, 4) is 5.75 Å². The Morgan fingerprint density at radius 1 is 1.26 bits per heavy atom. The zero-order valence-electron chi connectivity index (χ0n) is 11.9. The second-order valence-corrected chi connectivity index (χ2v) is 4.51. The molecule has 1 atom stereocenters. The molecule has 1 aromatic rings. The molecule has 0 aliphatic carbocycles. The molecule has 7 heteroatoms. The Balaban J connectivity index is 0.00000324. The number of likely N-dealkylation sites (N-methyl/N-ethyl adjacent to an activating group) is 1. The summed E-state index contributed by atoms with van der Waals surface area (Å²) in [7, 11) is 3.06. The fourth-order valence-electron chi connectivity index (χ4n) is 1.85. The summed E-state index contributed by atoms with van der Waals surface area (Å²) < 4.78 is 42.2. The number of halogens is 3. The third-order valence-electron chi connectivity index (χ3n) is 2.96. The van der Waals surface area contributed by atoms with Gasteiger partial charge in [0.1, 0.15) is 5.75 Å². The zero-order valence-corrected chi connectivity index (χ0v) is 15.0. The molecule has 2 nitrogen and oxygen atoms in total. The molecule has 0 spiro atoms. The Morgan fingerprint density at radius 2 is 1.84 bits per heavy atom. The maximum atomic E-state index is 12.3. The van der Waals surface area contributed by atoms with Crippen molar-refractivity contribution in [2.75, 3.05) is 20.6 Å². The van der Waals surface area contributed by atoms with Crippen molar-refractivity contribution in [3.63, 3.8) is 0 Å². The van der Waals surface area contributed by atoms with Crippen molar-refractivity contribution in [2.24, 2.45) is 0 Å². The first-order valence-electron chi connectivity index (χ1n) is 5.86. The van der Waals surface area contributed by atoms with E-state index in [9.17, 15) is 12.9 Å². The van der Waals surface area contributed by atoms with Gasteiger partial charge in [-0.2, -0.15) is 0 Å². The molecule has 0 N–H and O–H groups in total. The average molecular weight is 299 g/mol. The van der Waals surface area contributed by atoms with Crippen LogP contribution in [0, 0.1) is 0 Å². The first kappa shape index (κ1) is 19.5. The van der Waals surface area contributed by atoms with E-state index in [-0.39, 0.29) is 57.4 Å². The minimum atomic E-state index is -4.78. The molecule has 0 aliphatic rings. The summed E-state index contributed by atoms with van der Waals surface area (Å²) >= 11 is 0. The molecule has 102 valence electrons. The van der Waals surface area contributed by atoms with Gasteiger partial charge in [0.25, 0.3) is 0 Å². The molecule has 0 amide bonds. The smallest absolute Gasteiger partial charge is 0.496 e. The Hall–Kier alpha value is 0.471. The maximum Gasteiger partial charge on any atom is 1.00 e. The summed E-state index contributed by atoms with van der Waals surface area (Å²) in [5, 5.41) is 0. The van der Waals surface area contributed by atoms with E-state index in [0.29, 0.717) is 6.42 Å². The fraction of sp³-hybridized carbons (Fsp3) is 0.500. The van der Waals surface area contributed by atoms with Gasteiger partial charge in [-0.25, -0.2) is 0 Å². The minimum Gasteiger partial charge on any atom is -0.496 e. The molecule has 0 aliphatic heterocycles. The molecule has 1 rings (SSSR count). The van der Waals surface area contributed by atoms with E-state index in [1.807, 2.05) is 24.3 Å². The van der Waals surface area contributed by atoms with Gasteiger partial charge in [-0.05, 0) is 38.5 Å². The monoisotopic (exact) mass is 299 g/mol. The molecule has 19 heavy (non-hydrogen) atoms. The summed E-state index contributed by atoms with van der Waals surface area (Å²) in [5.41, 5.74) is 0.925. The number of rotatable bonds is 6. The summed E-state index contributed by atoms with van der Waals surface area (Å²) in [4.78, 5) is 1.33. The molecule has 0 saturated heterocycles. The van der Waals surface area contributed by atoms with Crippen LogP contribution in [0.3, 0.4) is 0 Å². The van der Waals surface area contributed by atoms with Crippen molar-refractivity contribution in [1.82, 2.24) is 4.90 Å². The number of hydrogen-bond donors (Lipinski definition) is 0. The van der Waals surface area contributed by atoms with Crippen molar-refractivity contribution in [1.29, 1.82) is 0 Å². The van der Waals surface area contributed by atoms with E-state index in [0.717, 1.165) is 11.3 Å². The second kappa shape index (κ2) is 8.69. The normalized spacial score (nSPS) is 13.0. The third-order valence-corrected chi connectivity index (χ3v) is 2.96. The Morgan fingerprint density at radius 3 is 2.37 bits per heavy atom. The molecular formula is C12H18BF3KNO. The standard InChI is InChI=1S/C12H18BF3NO.K/c1-10(17(2)9-13(14,15)16)8-11-6-4-5-7-12(11)18-3;/h4-7,10H,8-9H2,1-3H3;/q-1;+1. The van der Waals surface area contributed by atoms with Gasteiger partial charge >= 0.3 is 58.4 Å². The average Bonchev–Trinajstić information content (AvgIpc) is 2.27. The van der Waals surface area contributed by atoms with Crippen LogP contribution in [0.2, 0.25) is 0 Å². The fourth-order valence-corrected chi connectivity index (χ4v) is 1.85. The number of methoxy groups -OCH3 is 1. The quantitative estimate of drug-likeness (QED) is 0.683. The van der Waals surface area contributed by atoms with Crippen molar-refractivity contribution in [2.45, 2.75) is 19.4 Å². The molecule has 0 fully saturated rings. The number of ether oxygens (including phenoxy) is 1. The van der Waals surface area contributed by atoms with Gasteiger partial charge in [-0.15, -0.1) is 0 Å². The van der Waals surface area contributed by atoms with Crippen LogP contribution in [0.5, 0.6) is 5.75 Å². The SMILES string of the molecule is COc1ccccc1CC(C)N(C)C[B-](F)(F)F.[K+]. The van der Waals surface area contributed by atoms with Crippen molar-refractivity contribution < 1.29 is 69.1 Å². The first-order chi connectivity index (χ1) is 8.33. The Labute approximate surface area is 155 Å². The molecule has 0 radical (unpaired) electrons. The molecule has 0 aromatic heterocycles. The van der Waals surface area contributed by atoms with E-state index in [1.54, 1.807) is 14.0 Å². The first-order valence-corrected chi connectivity index (χ1v) is 5.86. The molecule has 0 heterocycles. The molecule has 0 bridgehead atoms. The maximum absolute atomic E-state index is 12.3. The Bertz CT molecular complexity index is 389. The van der Waals surface area contributed by atoms with Crippen LogP contribution in [0.4, 0.5) is 12.9 Å². The van der Waals surface area contributed by atoms with E-state index < -0.39 is 13.4 Å². The topological polar surface area (TPSA) is 12.5 Å². The van der Waals surface area contributed by atoms with Crippen molar-refractivity contribution in [3.05, 3.63) is 29.8 Å². The van der Waals surface area contributed by atoms with Gasteiger partial charge in [0.2, 0.25) is 0 Å². The molecule has 1 aromatic carbocycles.